The van der Waals surface area contributed by atoms with Crippen molar-refractivity contribution < 1.29 is 0 Å². The van der Waals surface area contributed by atoms with Crippen molar-refractivity contribution in [1.29, 1.82) is 0 Å². The predicted octanol–water partition coefficient (Wildman–Crippen LogP) is 2.74. The average Bonchev–Trinajstić information content (AvgIpc) is 2.22. The molecule has 16 heavy (non-hydrogen) atoms. The number of fused-ring (bicyclic) bond motifs is 1. The zero-order chi connectivity index (χ0) is 11.7. The number of rotatable bonds is 2. The third kappa shape index (κ3) is 2.07. The van der Waals surface area contributed by atoms with E-state index < -0.39 is 0 Å². The predicted molar refractivity (Wildman–Crippen MR) is 68.5 cm³/mol. The second-order valence-electron chi connectivity index (χ2n) is 3.80. The minimum Gasteiger partial charge on any atom is -0.295 e. The Bertz CT molecular complexity index is 616. The lowest BCUT2D eigenvalue weighted by Gasteiger charge is -2.05. The summed E-state index contributed by atoms with van der Waals surface area (Å²) >= 11 is 3.35. The second-order valence-corrected chi connectivity index (χ2v) is 4.71. The van der Waals surface area contributed by atoms with E-state index in [0.717, 1.165) is 10.0 Å². The van der Waals surface area contributed by atoms with Gasteiger partial charge in [-0.05, 0) is 25.1 Å². The molecule has 0 aliphatic heterocycles. The Morgan fingerprint density at radius 1 is 1.56 bits per heavy atom. The van der Waals surface area contributed by atoms with Crippen molar-refractivity contribution in [3.8, 4) is 0 Å². The Labute approximate surface area is 102 Å². The molecular formula is C12H11BrN2O. The van der Waals surface area contributed by atoms with Gasteiger partial charge in [-0.25, -0.2) is 4.98 Å². The van der Waals surface area contributed by atoms with Crippen LogP contribution < -0.4 is 5.56 Å². The molecule has 2 aromatic rings. The van der Waals surface area contributed by atoms with Gasteiger partial charge in [0.25, 0.3) is 5.56 Å². The van der Waals surface area contributed by atoms with E-state index in [0.29, 0.717) is 17.4 Å². The Morgan fingerprint density at radius 2 is 2.31 bits per heavy atom. The van der Waals surface area contributed by atoms with E-state index in [1.165, 1.54) is 0 Å². The maximum Gasteiger partial charge on any atom is 0.261 e. The summed E-state index contributed by atoms with van der Waals surface area (Å²) in [6.07, 6.45) is 1.56. The van der Waals surface area contributed by atoms with Gasteiger partial charge < -0.3 is 0 Å². The molecule has 0 amide bonds. The Kier molecular flexibility index (Phi) is 2.92. The highest BCUT2D eigenvalue weighted by Crippen LogP contribution is 2.14. The lowest BCUT2D eigenvalue weighted by molar-refractivity contribution is 0.738. The first-order chi connectivity index (χ1) is 7.58. The zero-order valence-electron chi connectivity index (χ0n) is 8.90. The molecular weight excluding hydrogens is 268 g/mol. The van der Waals surface area contributed by atoms with Crippen LogP contribution >= 0.6 is 15.9 Å². The number of benzene rings is 1. The van der Waals surface area contributed by atoms with Crippen molar-refractivity contribution in [1.82, 2.24) is 9.55 Å². The van der Waals surface area contributed by atoms with Crippen molar-refractivity contribution in [2.75, 3.05) is 0 Å². The van der Waals surface area contributed by atoms with Gasteiger partial charge in [0.05, 0.1) is 17.2 Å². The molecule has 0 unspecified atom stereocenters. The lowest BCUT2D eigenvalue weighted by atomic mass is 10.2. The van der Waals surface area contributed by atoms with Gasteiger partial charge in [-0.3, -0.25) is 9.36 Å². The molecule has 4 heteroatoms. The summed E-state index contributed by atoms with van der Waals surface area (Å²) in [5.74, 6) is 0. The minimum absolute atomic E-state index is 0.0273. The molecule has 0 saturated heterocycles. The van der Waals surface area contributed by atoms with Crippen LogP contribution in [0.5, 0.6) is 0 Å². The largest absolute Gasteiger partial charge is 0.295 e. The van der Waals surface area contributed by atoms with Gasteiger partial charge >= 0.3 is 0 Å². The van der Waals surface area contributed by atoms with E-state index in [1.807, 2.05) is 19.1 Å². The number of aromatic nitrogens is 2. The fraction of sp³-hybridized carbons (Fsp3) is 0.167. The monoisotopic (exact) mass is 278 g/mol. The van der Waals surface area contributed by atoms with Gasteiger partial charge in [0, 0.05) is 11.0 Å². The lowest BCUT2D eigenvalue weighted by Crippen LogP contribution is -2.20. The fourth-order valence-corrected chi connectivity index (χ4v) is 1.88. The van der Waals surface area contributed by atoms with Crippen LogP contribution in [0.15, 0.2) is 45.9 Å². The molecule has 1 heterocycles. The highest BCUT2D eigenvalue weighted by Gasteiger charge is 2.04. The first kappa shape index (κ1) is 11.1. The van der Waals surface area contributed by atoms with Crippen LogP contribution in [-0.4, -0.2) is 9.55 Å². The molecule has 1 aromatic carbocycles. The quantitative estimate of drug-likeness (QED) is 0.792. The number of hydrogen-bond acceptors (Lipinski definition) is 2. The highest BCUT2D eigenvalue weighted by molar-refractivity contribution is 9.10. The van der Waals surface area contributed by atoms with Gasteiger partial charge in [0.15, 0.2) is 0 Å². The Balaban J connectivity index is 2.66. The zero-order valence-corrected chi connectivity index (χ0v) is 10.5. The molecule has 0 radical (unpaired) electrons. The topological polar surface area (TPSA) is 34.9 Å². The van der Waals surface area contributed by atoms with Gasteiger partial charge in [-0.1, -0.05) is 28.1 Å². The van der Waals surface area contributed by atoms with Crippen LogP contribution in [0, 0.1) is 0 Å². The van der Waals surface area contributed by atoms with E-state index in [4.69, 9.17) is 0 Å². The minimum atomic E-state index is -0.0273. The molecule has 3 nitrogen and oxygen atoms in total. The highest BCUT2D eigenvalue weighted by atomic mass is 79.9. The van der Waals surface area contributed by atoms with E-state index in [2.05, 4.69) is 27.5 Å². The average molecular weight is 279 g/mol. The summed E-state index contributed by atoms with van der Waals surface area (Å²) in [7, 11) is 0. The Morgan fingerprint density at radius 3 is 3.00 bits per heavy atom. The van der Waals surface area contributed by atoms with Gasteiger partial charge in [0.2, 0.25) is 0 Å². The number of nitrogens with zero attached hydrogens (tertiary/aromatic N) is 2. The summed E-state index contributed by atoms with van der Waals surface area (Å²) < 4.78 is 2.49. The van der Waals surface area contributed by atoms with Crippen molar-refractivity contribution in [3.63, 3.8) is 0 Å². The maximum absolute atomic E-state index is 12.0. The third-order valence-corrected chi connectivity index (χ3v) is 2.72. The smallest absolute Gasteiger partial charge is 0.261 e. The van der Waals surface area contributed by atoms with E-state index in [9.17, 15) is 4.79 Å². The Hall–Kier alpha value is -1.42. The van der Waals surface area contributed by atoms with Crippen molar-refractivity contribution in [3.05, 3.63) is 51.5 Å². The molecule has 0 aliphatic carbocycles. The summed E-state index contributed by atoms with van der Waals surface area (Å²) in [6, 6.07) is 5.46. The van der Waals surface area contributed by atoms with Gasteiger partial charge in [-0.2, -0.15) is 0 Å². The van der Waals surface area contributed by atoms with Gasteiger partial charge in [-0.15, -0.1) is 0 Å². The molecule has 82 valence electrons. The SMILES string of the molecule is C=C(C)Cn1cnc2cc(Br)ccc2c1=O. The summed E-state index contributed by atoms with van der Waals surface area (Å²) in [6.45, 7) is 6.19. The number of hydrogen-bond donors (Lipinski definition) is 0. The van der Waals surface area contributed by atoms with E-state index >= 15 is 0 Å². The first-order valence-corrected chi connectivity index (χ1v) is 5.66. The van der Waals surface area contributed by atoms with Crippen LogP contribution in [0.25, 0.3) is 10.9 Å². The number of halogens is 1. The summed E-state index contributed by atoms with van der Waals surface area (Å²) in [5.41, 5.74) is 1.61. The molecule has 0 bridgehead atoms. The van der Waals surface area contributed by atoms with Crippen LogP contribution in [0.1, 0.15) is 6.92 Å². The molecule has 2 rings (SSSR count). The van der Waals surface area contributed by atoms with Crippen molar-refractivity contribution >= 4 is 26.8 Å². The van der Waals surface area contributed by atoms with Crippen LogP contribution in [0.3, 0.4) is 0 Å². The van der Waals surface area contributed by atoms with Crippen molar-refractivity contribution in [2.45, 2.75) is 13.5 Å². The first-order valence-electron chi connectivity index (χ1n) is 4.87. The van der Waals surface area contributed by atoms with E-state index in [1.54, 1.807) is 17.0 Å². The molecule has 0 spiro atoms. The van der Waals surface area contributed by atoms with Gasteiger partial charge in [0.1, 0.15) is 0 Å². The third-order valence-electron chi connectivity index (χ3n) is 2.23. The number of allylic oxidation sites excluding steroid dienone is 1. The second kappa shape index (κ2) is 4.22. The molecule has 0 N–H and O–H groups in total. The molecule has 1 aromatic heterocycles. The van der Waals surface area contributed by atoms with E-state index in [-0.39, 0.29) is 5.56 Å². The van der Waals surface area contributed by atoms with Crippen LogP contribution in [0.4, 0.5) is 0 Å². The fourth-order valence-electron chi connectivity index (χ4n) is 1.53. The van der Waals surface area contributed by atoms with Crippen LogP contribution in [0.2, 0.25) is 0 Å². The molecule has 0 saturated carbocycles. The van der Waals surface area contributed by atoms with Crippen LogP contribution in [-0.2, 0) is 6.54 Å². The normalized spacial score (nSPS) is 10.6. The maximum atomic E-state index is 12.0. The molecule has 0 fully saturated rings. The van der Waals surface area contributed by atoms with Crippen molar-refractivity contribution in [2.24, 2.45) is 0 Å². The summed E-state index contributed by atoms with van der Waals surface area (Å²) in [5, 5.41) is 0.631. The molecule has 0 aliphatic rings. The molecule has 0 atom stereocenters. The summed E-state index contributed by atoms with van der Waals surface area (Å²) in [4.78, 5) is 16.3. The standard InChI is InChI=1S/C12H11BrN2O/c1-8(2)6-15-7-14-11-5-9(13)3-4-10(11)12(15)16/h3-5,7H,1,6H2,2H3.